The van der Waals surface area contributed by atoms with E-state index in [4.69, 9.17) is 9.97 Å². The minimum atomic E-state index is -0.184. The summed E-state index contributed by atoms with van der Waals surface area (Å²) >= 11 is 0. The Balaban J connectivity index is 1.89. The average Bonchev–Trinajstić information content (AvgIpc) is 2.77. The molecule has 0 radical (unpaired) electrons. The van der Waals surface area contributed by atoms with Crippen molar-refractivity contribution in [3.05, 3.63) is 85.2 Å². The Hall–Kier alpha value is -3.93. The number of benzene rings is 1. The molecule has 0 aliphatic carbocycles. The molecule has 6 nitrogen and oxygen atoms in total. The van der Waals surface area contributed by atoms with E-state index >= 15 is 0 Å². The van der Waals surface area contributed by atoms with E-state index < -0.39 is 0 Å². The van der Waals surface area contributed by atoms with Crippen molar-refractivity contribution >= 4 is 16.9 Å². The molecule has 1 aromatic carbocycles. The van der Waals surface area contributed by atoms with Gasteiger partial charge in [0.15, 0.2) is 0 Å². The molecule has 0 aliphatic rings. The highest BCUT2D eigenvalue weighted by atomic mass is 16.1. The molecule has 0 unspecified atom stereocenters. The van der Waals surface area contributed by atoms with E-state index in [1.807, 2.05) is 36.4 Å². The SMILES string of the molecule is C=CCNC(=O)c1ccc2nc(-c3ccccn3)c(-c3ccccn3)nc2c1. The number of hydrogen-bond acceptors (Lipinski definition) is 5. The second kappa shape index (κ2) is 7.75. The molecule has 0 saturated heterocycles. The van der Waals surface area contributed by atoms with Crippen LogP contribution in [0.3, 0.4) is 0 Å². The van der Waals surface area contributed by atoms with Crippen molar-refractivity contribution in [2.45, 2.75) is 0 Å². The molecule has 1 amide bonds. The number of pyridine rings is 2. The number of aromatic nitrogens is 4. The molecule has 4 aromatic rings. The van der Waals surface area contributed by atoms with Gasteiger partial charge in [-0.1, -0.05) is 18.2 Å². The molecule has 0 spiro atoms. The summed E-state index contributed by atoms with van der Waals surface area (Å²) < 4.78 is 0. The van der Waals surface area contributed by atoms with Crippen LogP contribution in [0.4, 0.5) is 0 Å². The summed E-state index contributed by atoms with van der Waals surface area (Å²) in [6.07, 6.45) is 5.07. The Morgan fingerprint density at radius 3 is 2.11 bits per heavy atom. The van der Waals surface area contributed by atoms with E-state index in [2.05, 4.69) is 21.9 Å². The number of rotatable bonds is 5. The zero-order chi connectivity index (χ0) is 19.3. The van der Waals surface area contributed by atoms with E-state index in [1.54, 1.807) is 36.7 Å². The number of nitrogens with one attached hydrogen (secondary N) is 1. The Morgan fingerprint density at radius 1 is 0.893 bits per heavy atom. The summed E-state index contributed by atoms with van der Waals surface area (Å²) in [7, 11) is 0. The molecular formula is C22H17N5O. The van der Waals surface area contributed by atoms with Gasteiger partial charge in [0, 0.05) is 24.5 Å². The van der Waals surface area contributed by atoms with E-state index in [0.29, 0.717) is 45.9 Å². The van der Waals surface area contributed by atoms with Crippen LogP contribution in [-0.4, -0.2) is 32.4 Å². The van der Waals surface area contributed by atoms with Crippen LogP contribution in [0, 0.1) is 0 Å². The maximum atomic E-state index is 12.3. The number of hydrogen-bond donors (Lipinski definition) is 1. The Bertz CT molecular complexity index is 1140. The second-order valence-corrected chi connectivity index (χ2v) is 6.05. The molecule has 6 heteroatoms. The highest BCUT2D eigenvalue weighted by Crippen LogP contribution is 2.28. The lowest BCUT2D eigenvalue weighted by Gasteiger charge is -2.10. The Kier molecular flexibility index (Phi) is 4.84. The van der Waals surface area contributed by atoms with Gasteiger partial charge in [0.1, 0.15) is 11.4 Å². The standard InChI is InChI=1S/C22H17N5O/c1-2-11-25-22(28)15-9-10-16-19(14-15)27-21(18-8-4-6-13-24-18)20(26-16)17-7-3-5-12-23-17/h2-10,12-14H,1,11H2,(H,25,28). The van der Waals surface area contributed by atoms with Crippen LogP contribution in [0.5, 0.6) is 0 Å². The number of carbonyl (C=O) groups excluding carboxylic acids is 1. The zero-order valence-electron chi connectivity index (χ0n) is 15.0. The minimum absolute atomic E-state index is 0.184. The first kappa shape index (κ1) is 17.5. The summed E-state index contributed by atoms with van der Waals surface area (Å²) in [5.41, 5.74) is 4.49. The van der Waals surface area contributed by atoms with Crippen molar-refractivity contribution in [1.29, 1.82) is 0 Å². The van der Waals surface area contributed by atoms with E-state index in [1.165, 1.54) is 0 Å². The smallest absolute Gasteiger partial charge is 0.251 e. The molecule has 0 fully saturated rings. The molecular weight excluding hydrogens is 350 g/mol. The molecule has 0 atom stereocenters. The van der Waals surface area contributed by atoms with E-state index in [0.717, 1.165) is 0 Å². The third-order valence-corrected chi connectivity index (χ3v) is 4.15. The molecule has 1 N–H and O–H groups in total. The lowest BCUT2D eigenvalue weighted by molar-refractivity contribution is 0.0958. The van der Waals surface area contributed by atoms with Crippen molar-refractivity contribution in [2.75, 3.05) is 6.54 Å². The summed E-state index contributed by atoms with van der Waals surface area (Å²) in [5, 5.41) is 2.77. The predicted molar refractivity (Wildman–Crippen MR) is 109 cm³/mol. The van der Waals surface area contributed by atoms with Gasteiger partial charge in [-0.2, -0.15) is 0 Å². The van der Waals surface area contributed by atoms with Crippen LogP contribution in [0.25, 0.3) is 33.8 Å². The number of fused-ring (bicyclic) bond motifs is 1. The maximum Gasteiger partial charge on any atom is 0.251 e. The summed E-state index contributed by atoms with van der Waals surface area (Å²) in [6.45, 7) is 4.01. The fourth-order valence-electron chi connectivity index (χ4n) is 2.83. The molecule has 0 aliphatic heterocycles. The van der Waals surface area contributed by atoms with Crippen LogP contribution in [0.2, 0.25) is 0 Å². The summed E-state index contributed by atoms with van der Waals surface area (Å²) in [5.74, 6) is -0.184. The first-order valence-corrected chi connectivity index (χ1v) is 8.80. The van der Waals surface area contributed by atoms with Gasteiger partial charge in [-0.3, -0.25) is 14.8 Å². The van der Waals surface area contributed by atoms with Gasteiger partial charge in [-0.25, -0.2) is 9.97 Å². The number of nitrogens with zero attached hydrogens (tertiary/aromatic N) is 4. The molecule has 0 saturated carbocycles. The van der Waals surface area contributed by atoms with Crippen LogP contribution >= 0.6 is 0 Å². The summed E-state index contributed by atoms with van der Waals surface area (Å²) in [4.78, 5) is 30.6. The van der Waals surface area contributed by atoms with Gasteiger partial charge in [0.05, 0.1) is 22.4 Å². The predicted octanol–water partition coefficient (Wildman–Crippen LogP) is 3.67. The maximum absolute atomic E-state index is 12.3. The van der Waals surface area contributed by atoms with Gasteiger partial charge in [-0.15, -0.1) is 6.58 Å². The Morgan fingerprint density at radius 2 is 1.54 bits per heavy atom. The largest absolute Gasteiger partial charge is 0.349 e. The van der Waals surface area contributed by atoms with Crippen LogP contribution in [0.15, 0.2) is 79.6 Å². The average molecular weight is 367 g/mol. The molecule has 3 heterocycles. The third kappa shape index (κ3) is 3.48. The lowest BCUT2D eigenvalue weighted by Crippen LogP contribution is -2.23. The first-order valence-electron chi connectivity index (χ1n) is 8.80. The zero-order valence-corrected chi connectivity index (χ0v) is 15.0. The van der Waals surface area contributed by atoms with Gasteiger partial charge in [0.2, 0.25) is 0 Å². The van der Waals surface area contributed by atoms with Gasteiger partial charge in [0.25, 0.3) is 5.91 Å². The molecule has 0 bridgehead atoms. The van der Waals surface area contributed by atoms with Crippen molar-refractivity contribution in [3.63, 3.8) is 0 Å². The molecule has 3 aromatic heterocycles. The molecule has 4 rings (SSSR count). The topological polar surface area (TPSA) is 80.7 Å². The first-order chi connectivity index (χ1) is 13.8. The van der Waals surface area contributed by atoms with Crippen molar-refractivity contribution < 1.29 is 4.79 Å². The van der Waals surface area contributed by atoms with Crippen molar-refractivity contribution in [1.82, 2.24) is 25.3 Å². The van der Waals surface area contributed by atoms with Crippen molar-refractivity contribution in [3.8, 4) is 22.8 Å². The fourth-order valence-corrected chi connectivity index (χ4v) is 2.83. The van der Waals surface area contributed by atoms with Crippen LogP contribution < -0.4 is 5.32 Å². The molecule has 28 heavy (non-hydrogen) atoms. The molecule has 136 valence electrons. The fraction of sp³-hybridized carbons (Fsp3) is 0.0455. The minimum Gasteiger partial charge on any atom is -0.349 e. The van der Waals surface area contributed by atoms with Gasteiger partial charge < -0.3 is 5.32 Å². The van der Waals surface area contributed by atoms with Crippen molar-refractivity contribution in [2.24, 2.45) is 0 Å². The normalized spacial score (nSPS) is 10.6. The van der Waals surface area contributed by atoms with Crippen LogP contribution in [0.1, 0.15) is 10.4 Å². The highest BCUT2D eigenvalue weighted by Gasteiger charge is 2.16. The van der Waals surface area contributed by atoms with E-state index in [-0.39, 0.29) is 5.91 Å². The lowest BCUT2D eigenvalue weighted by atomic mass is 10.1. The quantitative estimate of drug-likeness (QED) is 0.544. The van der Waals surface area contributed by atoms with Gasteiger partial charge in [-0.05, 0) is 42.5 Å². The highest BCUT2D eigenvalue weighted by molar-refractivity contribution is 5.98. The van der Waals surface area contributed by atoms with Crippen LogP contribution in [-0.2, 0) is 0 Å². The van der Waals surface area contributed by atoms with E-state index in [9.17, 15) is 4.79 Å². The Labute approximate surface area is 162 Å². The third-order valence-electron chi connectivity index (χ3n) is 4.15. The second-order valence-electron chi connectivity index (χ2n) is 6.05. The summed E-state index contributed by atoms with van der Waals surface area (Å²) in [6, 6.07) is 16.5. The van der Waals surface area contributed by atoms with Gasteiger partial charge >= 0.3 is 0 Å². The number of amides is 1. The monoisotopic (exact) mass is 367 g/mol. The number of carbonyl (C=O) groups is 1.